The smallest absolute Gasteiger partial charge is 0.225 e. The van der Waals surface area contributed by atoms with Gasteiger partial charge in [-0.2, -0.15) is 4.98 Å². The van der Waals surface area contributed by atoms with Gasteiger partial charge in [0.05, 0.1) is 0 Å². The molecule has 1 aromatic heterocycles. The van der Waals surface area contributed by atoms with Crippen molar-refractivity contribution in [3.8, 4) is 0 Å². The number of nitrogens with one attached hydrogen (secondary N) is 2. The number of para-hydroxylation sites is 1. The number of aromatic nitrogens is 2. The second kappa shape index (κ2) is 8.00. The van der Waals surface area contributed by atoms with Crippen LogP contribution >= 0.6 is 0 Å². The van der Waals surface area contributed by atoms with Crippen molar-refractivity contribution >= 4 is 17.5 Å². The van der Waals surface area contributed by atoms with Crippen LogP contribution in [0.3, 0.4) is 0 Å². The van der Waals surface area contributed by atoms with Crippen LogP contribution in [0.1, 0.15) is 42.1 Å². The van der Waals surface area contributed by atoms with E-state index in [-0.39, 0.29) is 0 Å². The molecule has 2 N–H and O–H groups in total. The first kappa shape index (κ1) is 17.9. The highest BCUT2D eigenvalue weighted by atomic mass is 15.1. The molecule has 3 aromatic rings. The molecule has 2 aromatic carbocycles. The maximum absolute atomic E-state index is 4.63. The first-order valence-electron chi connectivity index (χ1n) is 9.02. The number of hydrogen-bond donors (Lipinski definition) is 2. The summed E-state index contributed by atoms with van der Waals surface area (Å²) in [4.78, 5) is 9.13. The largest absolute Gasteiger partial charge is 0.350 e. The van der Waals surface area contributed by atoms with Gasteiger partial charge in [0.15, 0.2) is 0 Å². The SMILES string of the molecule is Cc1ccc(CNc2nc(C)cc(Nc3ccccc3C(C)C)n2)cc1. The third-order valence-electron chi connectivity index (χ3n) is 4.27. The Morgan fingerprint density at radius 1 is 0.923 bits per heavy atom. The average molecular weight is 346 g/mol. The van der Waals surface area contributed by atoms with Crippen molar-refractivity contribution in [1.82, 2.24) is 9.97 Å². The lowest BCUT2D eigenvalue weighted by atomic mass is 10.0. The molecule has 0 saturated carbocycles. The van der Waals surface area contributed by atoms with E-state index in [1.807, 2.05) is 19.1 Å². The minimum atomic E-state index is 0.445. The molecule has 0 radical (unpaired) electrons. The Hall–Kier alpha value is -2.88. The Kier molecular flexibility index (Phi) is 5.52. The molecule has 26 heavy (non-hydrogen) atoms. The Labute approximate surface area is 155 Å². The quantitative estimate of drug-likeness (QED) is 0.612. The fraction of sp³-hybridized carbons (Fsp3) is 0.273. The summed E-state index contributed by atoms with van der Waals surface area (Å²) in [6.45, 7) is 9.17. The first-order valence-corrected chi connectivity index (χ1v) is 9.02. The maximum Gasteiger partial charge on any atom is 0.225 e. The molecule has 0 saturated heterocycles. The van der Waals surface area contributed by atoms with Crippen LogP contribution in [0.2, 0.25) is 0 Å². The van der Waals surface area contributed by atoms with Crippen LogP contribution in [0.4, 0.5) is 17.5 Å². The number of rotatable bonds is 6. The molecule has 0 amide bonds. The van der Waals surface area contributed by atoms with Crippen LogP contribution in [0.5, 0.6) is 0 Å². The number of aryl methyl sites for hydroxylation is 2. The molecule has 0 aliphatic heterocycles. The summed E-state index contributed by atoms with van der Waals surface area (Å²) < 4.78 is 0. The predicted molar refractivity (Wildman–Crippen MR) is 109 cm³/mol. The topological polar surface area (TPSA) is 49.8 Å². The number of benzene rings is 2. The highest BCUT2D eigenvalue weighted by molar-refractivity contribution is 5.62. The summed E-state index contributed by atoms with van der Waals surface area (Å²) in [5.74, 6) is 1.88. The van der Waals surface area contributed by atoms with Crippen LogP contribution < -0.4 is 10.6 Å². The number of hydrogen-bond acceptors (Lipinski definition) is 4. The summed E-state index contributed by atoms with van der Waals surface area (Å²) in [6.07, 6.45) is 0. The minimum absolute atomic E-state index is 0.445. The fourth-order valence-electron chi connectivity index (χ4n) is 2.85. The fourth-order valence-corrected chi connectivity index (χ4v) is 2.85. The summed E-state index contributed by atoms with van der Waals surface area (Å²) in [7, 11) is 0. The normalized spacial score (nSPS) is 10.8. The van der Waals surface area contributed by atoms with E-state index in [0.29, 0.717) is 18.4 Å². The van der Waals surface area contributed by atoms with Crippen LogP contribution in [0, 0.1) is 13.8 Å². The monoisotopic (exact) mass is 346 g/mol. The lowest BCUT2D eigenvalue weighted by Gasteiger charge is -2.15. The van der Waals surface area contributed by atoms with Gasteiger partial charge in [-0.15, -0.1) is 0 Å². The zero-order chi connectivity index (χ0) is 18.5. The van der Waals surface area contributed by atoms with Crippen molar-refractivity contribution in [2.75, 3.05) is 10.6 Å². The Morgan fingerprint density at radius 3 is 2.38 bits per heavy atom. The van der Waals surface area contributed by atoms with Crippen LogP contribution in [0.15, 0.2) is 54.6 Å². The van der Waals surface area contributed by atoms with Crippen molar-refractivity contribution in [3.63, 3.8) is 0 Å². The summed E-state index contributed by atoms with van der Waals surface area (Å²) >= 11 is 0. The lowest BCUT2D eigenvalue weighted by molar-refractivity contribution is 0.868. The molecular formula is C22H26N4. The zero-order valence-electron chi connectivity index (χ0n) is 15.9. The van der Waals surface area contributed by atoms with Gasteiger partial charge in [0.1, 0.15) is 5.82 Å². The number of nitrogens with zero attached hydrogens (tertiary/aromatic N) is 2. The van der Waals surface area contributed by atoms with Gasteiger partial charge >= 0.3 is 0 Å². The molecule has 0 bridgehead atoms. The molecule has 134 valence electrons. The van der Waals surface area contributed by atoms with Crippen molar-refractivity contribution < 1.29 is 0 Å². The van der Waals surface area contributed by atoms with E-state index in [9.17, 15) is 0 Å². The van der Waals surface area contributed by atoms with Crippen molar-refractivity contribution in [2.24, 2.45) is 0 Å². The summed E-state index contributed by atoms with van der Waals surface area (Å²) in [5, 5.41) is 6.77. The van der Waals surface area contributed by atoms with Crippen molar-refractivity contribution in [1.29, 1.82) is 0 Å². The Balaban J connectivity index is 1.76. The van der Waals surface area contributed by atoms with Crippen molar-refractivity contribution in [3.05, 3.63) is 77.0 Å². The molecule has 0 atom stereocenters. The first-order chi connectivity index (χ1) is 12.5. The Morgan fingerprint density at radius 2 is 1.65 bits per heavy atom. The molecule has 0 fully saturated rings. The summed E-state index contributed by atoms with van der Waals surface area (Å²) in [6, 6.07) is 18.8. The molecule has 0 unspecified atom stereocenters. The van der Waals surface area contributed by atoms with Crippen LogP contribution in [-0.2, 0) is 6.54 Å². The van der Waals surface area contributed by atoms with Gasteiger partial charge in [-0.1, -0.05) is 61.9 Å². The molecule has 0 spiro atoms. The van der Waals surface area contributed by atoms with E-state index in [1.165, 1.54) is 16.7 Å². The molecule has 3 rings (SSSR count). The van der Waals surface area contributed by atoms with Gasteiger partial charge in [0, 0.05) is 24.0 Å². The average Bonchev–Trinajstić information content (AvgIpc) is 2.61. The minimum Gasteiger partial charge on any atom is -0.350 e. The molecule has 1 heterocycles. The Bertz CT molecular complexity index is 870. The van der Waals surface area contributed by atoms with Gasteiger partial charge in [-0.3, -0.25) is 0 Å². The standard InChI is InChI=1S/C22H26N4/c1-15(2)19-7-5-6-8-20(19)25-21-13-17(4)24-22(26-21)23-14-18-11-9-16(3)10-12-18/h5-13,15H,14H2,1-4H3,(H2,23,24,25,26). The van der Waals surface area contributed by atoms with Gasteiger partial charge in [-0.05, 0) is 37.0 Å². The van der Waals surface area contributed by atoms with Gasteiger partial charge < -0.3 is 10.6 Å². The third kappa shape index (κ3) is 4.60. The van der Waals surface area contributed by atoms with E-state index >= 15 is 0 Å². The maximum atomic E-state index is 4.63. The number of anilines is 3. The second-order valence-corrected chi connectivity index (χ2v) is 6.92. The van der Waals surface area contributed by atoms with E-state index < -0.39 is 0 Å². The summed E-state index contributed by atoms with van der Waals surface area (Å²) in [5.41, 5.74) is 5.76. The second-order valence-electron chi connectivity index (χ2n) is 6.92. The molecule has 0 aliphatic carbocycles. The van der Waals surface area contributed by atoms with Gasteiger partial charge in [-0.25, -0.2) is 4.98 Å². The highest BCUT2D eigenvalue weighted by Crippen LogP contribution is 2.26. The van der Waals surface area contributed by atoms with Crippen molar-refractivity contribution in [2.45, 2.75) is 40.2 Å². The van der Waals surface area contributed by atoms with Gasteiger partial charge in [0.25, 0.3) is 0 Å². The lowest BCUT2D eigenvalue weighted by Crippen LogP contribution is -2.07. The molecule has 4 nitrogen and oxygen atoms in total. The highest BCUT2D eigenvalue weighted by Gasteiger charge is 2.08. The third-order valence-corrected chi connectivity index (χ3v) is 4.27. The molecule has 0 aliphatic rings. The predicted octanol–water partition coefficient (Wildman–Crippen LogP) is 5.57. The van der Waals surface area contributed by atoms with E-state index in [0.717, 1.165) is 17.2 Å². The van der Waals surface area contributed by atoms with E-state index in [2.05, 4.69) is 83.8 Å². The van der Waals surface area contributed by atoms with Crippen LogP contribution in [0.25, 0.3) is 0 Å². The van der Waals surface area contributed by atoms with E-state index in [4.69, 9.17) is 0 Å². The van der Waals surface area contributed by atoms with Crippen LogP contribution in [-0.4, -0.2) is 9.97 Å². The zero-order valence-corrected chi connectivity index (χ0v) is 15.9. The van der Waals surface area contributed by atoms with E-state index in [1.54, 1.807) is 0 Å². The molecular weight excluding hydrogens is 320 g/mol. The van der Waals surface area contributed by atoms with Gasteiger partial charge in [0.2, 0.25) is 5.95 Å². The molecule has 4 heteroatoms.